The zero-order chi connectivity index (χ0) is 8.20. The van der Waals surface area contributed by atoms with Gasteiger partial charge in [-0.25, -0.2) is 8.42 Å². The van der Waals surface area contributed by atoms with Crippen molar-refractivity contribution in [3.63, 3.8) is 0 Å². The fourth-order valence-corrected chi connectivity index (χ4v) is 0.375. The van der Waals surface area contributed by atoms with Crippen LogP contribution in [0, 0.1) is 0 Å². The summed E-state index contributed by atoms with van der Waals surface area (Å²) in [5.74, 6) is 0. The highest BCUT2D eigenvalue weighted by molar-refractivity contribution is 7.94. The molecular formula is C5H8N2O2S. The van der Waals surface area contributed by atoms with Crippen molar-refractivity contribution in [1.29, 1.82) is 0 Å². The van der Waals surface area contributed by atoms with Crippen LogP contribution in [0.25, 0.3) is 0 Å². The van der Waals surface area contributed by atoms with Crippen LogP contribution in [0.3, 0.4) is 0 Å². The van der Waals surface area contributed by atoms with Gasteiger partial charge in [0.1, 0.15) is 0 Å². The zero-order valence-corrected chi connectivity index (χ0v) is 6.43. The van der Waals surface area contributed by atoms with Crippen molar-refractivity contribution >= 4 is 9.84 Å². The van der Waals surface area contributed by atoms with E-state index in [2.05, 4.69) is 23.4 Å². The SMILES string of the molecule is C=CN=NC(=C)S(C)(=O)=O. The van der Waals surface area contributed by atoms with E-state index in [1.54, 1.807) is 0 Å². The molecule has 0 fully saturated rings. The maximum atomic E-state index is 10.5. The predicted octanol–water partition coefficient (Wildman–Crippen LogP) is 1.10. The van der Waals surface area contributed by atoms with E-state index >= 15 is 0 Å². The Morgan fingerprint density at radius 3 is 2.40 bits per heavy atom. The third kappa shape index (κ3) is 3.13. The van der Waals surface area contributed by atoms with Gasteiger partial charge in [-0.2, -0.15) is 5.11 Å². The number of hydrogen-bond acceptors (Lipinski definition) is 4. The number of nitrogens with zero attached hydrogens (tertiary/aromatic N) is 2. The minimum absolute atomic E-state index is 0.257. The highest BCUT2D eigenvalue weighted by Gasteiger charge is 2.05. The van der Waals surface area contributed by atoms with Crippen molar-refractivity contribution in [2.45, 2.75) is 0 Å². The molecule has 5 heteroatoms. The van der Waals surface area contributed by atoms with Crippen molar-refractivity contribution in [3.05, 3.63) is 24.4 Å². The average Bonchev–Trinajstić information content (AvgIpc) is 1.80. The van der Waals surface area contributed by atoms with E-state index in [0.29, 0.717) is 0 Å². The molecular weight excluding hydrogens is 152 g/mol. The lowest BCUT2D eigenvalue weighted by molar-refractivity contribution is 0.607. The van der Waals surface area contributed by atoms with Gasteiger partial charge in [-0.15, -0.1) is 5.11 Å². The quantitative estimate of drug-likeness (QED) is 0.580. The second kappa shape index (κ2) is 3.26. The van der Waals surface area contributed by atoms with E-state index in [4.69, 9.17) is 0 Å². The van der Waals surface area contributed by atoms with Crippen LogP contribution in [0.1, 0.15) is 0 Å². The Hall–Kier alpha value is -0.970. The van der Waals surface area contributed by atoms with E-state index in [9.17, 15) is 8.42 Å². The summed E-state index contributed by atoms with van der Waals surface area (Å²) in [6.07, 6.45) is 2.15. The molecule has 0 saturated heterocycles. The molecule has 0 rings (SSSR count). The minimum atomic E-state index is -3.28. The maximum Gasteiger partial charge on any atom is 0.194 e. The first-order valence-electron chi connectivity index (χ1n) is 2.39. The molecule has 0 aromatic heterocycles. The maximum absolute atomic E-state index is 10.5. The van der Waals surface area contributed by atoms with Gasteiger partial charge in [0.25, 0.3) is 0 Å². The van der Waals surface area contributed by atoms with Gasteiger partial charge in [0.05, 0.1) is 0 Å². The molecule has 0 aliphatic rings. The molecule has 0 unspecified atom stereocenters. The van der Waals surface area contributed by atoms with E-state index in [-0.39, 0.29) is 5.03 Å². The Morgan fingerprint density at radius 1 is 1.60 bits per heavy atom. The molecule has 0 aliphatic heterocycles. The van der Waals surface area contributed by atoms with E-state index in [1.165, 1.54) is 0 Å². The van der Waals surface area contributed by atoms with Crippen LogP contribution >= 0.6 is 0 Å². The van der Waals surface area contributed by atoms with E-state index in [0.717, 1.165) is 12.5 Å². The normalized spacial score (nSPS) is 11.7. The summed E-state index contributed by atoms with van der Waals surface area (Å²) in [4.78, 5) is 0. The average molecular weight is 160 g/mol. The van der Waals surface area contributed by atoms with Gasteiger partial charge in [0, 0.05) is 12.5 Å². The van der Waals surface area contributed by atoms with E-state index < -0.39 is 9.84 Å². The van der Waals surface area contributed by atoms with Crippen molar-refractivity contribution in [1.82, 2.24) is 0 Å². The largest absolute Gasteiger partial charge is 0.222 e. The molecule has 10 heavy (non-hydrogen) atoms. The standard InChI is InChI=1S/C5H8N2O2S/c1-4-6-7-5(2)10(3,8)9/h4H,1-2H2,3H3. The van der Waals surface area contributed by atoms with Crippen LogP contribution in [0.5, 0.6) is 0 Å². The van der Waals surface area contributed by atoms with Crippen LogP contribution < -0.4 is 0 Å². The smallest absolute Gasteiger partial charge is 0.194 e. The summed E-state index contributed by atoms with van der Waals surface area (Å²) < 4.78 is 21.1. The van der Waals surface area contributed by atoms with Gasteiger partial charge in [-0.1, -0.05) is 13.2 Å². The molecule has 56 valence electrons. The molecule has 0 atom stereocenters. The van der Waals surface area contributed by atoms with Crippen molar-refractivity contribution < 1.29 is 8.42 Å². The summed E-state index contributed by atoms with van der Waals surface area (Å²) in [6, 6.07) is 0. The predicted molar refractivity (Wildman–Crippen MR) is 39.0 cm³/mol. The third-order valence-corrected chi connectivity index (χ3v) is 1.62. The molecule has 0 amide bonds. The van der Waals surface area contributed by atoms with Crippen LogP contribution in [0.4, 0.5) is 0 Å². The summed E-state index contributed by atoms with van der Waals surface area (Å²) in [5.41, 5.74) is 0. The molecule has 4 nitrogen and oxygen atoms in total. The highest BCUT2D eigenvalue weighted by atomic mass is 32.2. The summed E-state index contributed by atoms with van der Waals surface area (Å²) in [5, 5.41) is 6.23. The molecule has 0 heterocycles. The first kappa shape index (κ1) is 9.03. The second-order valence-corrected chi connectivity index (χ2v) is 3.58. The Morgan fingerprint density at radius 2 is 2.10 bits per heavy atom. The Bertz CT molecular complexity index is 263. The van der Waals surface area contributed by atoms with Crippen LogP contribution in [0.15, 0.2) is 34.6 Å². The van der Waals surface area contributed by atoms with Crippen molar-refractivity contribution in [2.75, 3.05) is 6.26 Å². The van der Waals surface area contributed by atoms with Crippen LogP contribution in [0.2, 0.25) is 0 Å². The van der Waals surface area contributed by atoms with Gasteiger partial charge >= 0.3 is 0 Å². The number of azo groups is 1. The fourth-order valence-electron chi connectivity index (χ4n) is 0.179. The summed E-state index contributed by atoms with van der Waals surface area (Å²) >= 11 is 0. The Kier molecular flexibility index (Phi) is 2.95. The summed E-state index contributed by atoms with van der Waals surface area (Å²) in [7, 11) is -3.28. The van der Waals surface area contributed by atoms with Gasteiger partial charge in [0.15, 0.2) is 14.9 Å². The molecule has 0 spiro atoms. The van der Waals surface area contributed by atoms with Crippen LogP contribution in [-0.2, 0) is 9.84 Å². The zero-order valence-electron chi connectivity index (χ0n) is 5.61. The molecule has 0 aliphatic carbocycles. The van der Waals surface area contributed by atoms with Gasteiger partial charge in [-0.05, 0) is 0 Å². The van der Waals surface area contributed by atoms with Crippen LogP contribution in [-0.4, -0.2) is 14.7 Å². The number of sulfone groups is 1. The lowest BCUT2D eigenvalue weighted by Crippen LogP contribution is -1.95. The van der Waals surface area contributed by atoms with Gasteiger partial charge < -0.3 is 0 Å². The minimum Gasteiger partial charge on any atom is -0.222 e. The Balaban J connectivity index is 4.42. The highest BCUT2D eigenvalue weighted by Crippen LogP contribution is 2.02. The number of rotatable bonds is 3. The molecule has 0 saturated carbocycles. The number of hydrogen-bond donors (Lipinski definition) is 0. The third-order valence-electron chi connectivity index (χ3n) is 0.679. The molecule has 0 bridgehead atoms. The monoisotopic (exact) mass is 160 g/mol. The second-order valence-electron chi connectivity index (χ2n) is 1.56. The van der Waals surface area contributed by atoms with E-state index in [1.807, 2.05) is 0 Å². The lowest BCUT2D eigenvalue weighted by Gasteiger charge is -1.89. The molecule has 0 radical (unpaired) electrons. The van der Waals surface area contributed by atoms with Crippen molar-refractivity contribution in [2.24, 2.45) is 10.2 Å². The first-order chi connectivity index (χ1) is 4.48. The molecule has 0 aromatic rings. The topological polar surface area (TPSA) is 58.9 Å². The Labute approximate surface area is 59.9 Å². The van der Waals surface area contributed by atoms with Gasteiger partial charge in [0.2, 0.25) is 0 Å². The van der Waals surface area contributed by atoms with Gasteiger partial charge in [-0.3, -0.25) is 0 Å². The van der Waals surface area contributed by atoms with Crippen molar-refractivity contribution in [3.8, 4) is 0 Å². The summed E-state index contributed by atoms with van der Waals surface area (Å²) in [6.45, 7) is 6.39. The first-order valence-corrected chi connectivity index (χ1v) is 4.28. The molecule has 0 N–H and O–H groups in total. The lowest BCUT2D eigenvalue weighted by atomic mass is 11.0. The molecule has 0 aromatic carbocycles. The fraction of sp³-hybridized carbons (Fsp3) is 0.200.